The number of likely N-dealkylation sites (N-methyl/N-ethyl adjacent to an activating group) is 2. The van der Waals surface area contributed by atoms with Crippen molar-refractivity contribution >= 4 is 35.0 Å². The minimum absolute atomic E-state index is 0.0143. The highest BCUT2D eigenvalue weighted by Crippen LogP contribution is 2.20. The van der Waals surface area contributed by atoms with Crippen molar-refractivity contribution in [3.63, 3.8) is 0 Å². The second kappa shape index (κ2) is 17.1. The number of rotatable bonds is 12. The van der Waals surface area contributed by atoms with Gasteiger partial charge in [-0.1, -0.05) is 0 Å². The van der Waals surface area contributed by atoms with E-state index < -0.39 is 76.8 Å². The topological polar surface area (TPSA) is 125 Å². The zero-order valence-electron chi connectivity index (χ0n) is 30.0. The number of hydrogen-bond donors (Lipinski definition) is 2. The van der Waals surface area contributed by atoms with Gasteiger partial charge in [0.2, 0.25) is 11.8 Å². The smallest absolute Gasteiger partial charge is 0.254 e. The summed E-state index contributed by atoms with van der Waals surface area (Å²) in [5.74, 6) is -8.25. The number of pyridine rings is 2. The fourth-order valence-electron chi connectivity index (χ4n) is 5.69. The predicted octanol–water partition coefficient (Wildman–Crippen LogP) is 5.80. The number of aromatic nitrogens is 2. The molecule has 5 rings (SSSR count). The van der Waals surface area contributed by atoms with Crippen molar-refractivity contribution in [2.75, 3.05) is 23.9 Å². The molecule has 2 heterocycles. The first-order valence-corrected chi connectivity index (χ1v) is 16.8. The molecule has 0 aliphatic carbocycles. The van der Waals surface area contributed by atoms with E-state index in [-0.39, 0.29) is 23.1 Å². The van der Waals surface area contributed by atoms with Gasteiger partial charge in [0.15, 0.2) is 0 Å². The first-order valence-electron chi connectivity index (χ1n) is 16.8. The molecule has 0 aliphatic heterocycles. The van der Waals surface area contributed by atoms with Gasteiger partial charge in [0.25, 0.3) is 11.8 Å². The molecule has 0 saturated carbocycles. The lowest BCUT2D eigenvalue weighted by atomic mass is 10.0. The third kappa shape index (κ3) is 10.1. The van der Waals surface area contributed by atoms with Gasteiger partial charge in [-0.25, -0.2) is 22.0 Å². The fourth-order valence-corrected chi connectivity index (χ4v) is 5.69. The Labute approximate surface area is 313 Å². The van der Waals surface area contributed by atoms with E-state index in [0.29, 0.717) is 34.9 Å². The molecule has 284 valence electrons. The number of amides is 4. The van der Waals surface area contributed by atoms with E-state index in [1.165, 1.54) is 36.3 Å². The Kier molecular flexibility index (Phi) is 12.3. The molecule has 0 aliphatic rings. The van der Waals surface area contributed by atoms with Gasteiger partial charge in [0, 0.05) is 56.0 Å². The number of hydrogen-bond acceptors (Lipinski definition) is 6. The fraction of sp³-hybridized carbons (Fsp3) is 0.200. The molecule has 0 radical (unpaired) electrons. The highest BCUT2D eigenvalue weighted by Gasteiger charge is 2.30. The summed E-state index contributed by atoms with van der Waals surface area (Å²) in [6.45, 7) is 3.48. The van der Waals surface area contributed by atoms with Crippen LogP contribution >= 0.6 is 0 Å². The molecule has 15 heteroatoms. The zero-order chi connectivity index (χ0) is 40.0. The van der Waals surface area contributed by atoms with Gasteiger partial charge in [0.05, 0.1) is 29.3 Å². The number of halogens is 5. The van der Waals surface area contributed by atoms with Crippen molar-refractivity contribution in [1.82, 2.24) is 20.6 Å². The molecule has 55 heavy (non-hydrogen) atoms. The Bertz CT molecular complexity index is 2200. The maximum Gasteiger partial charge on any atom is 0.254 e. The minimum Gasteiger partial charge on any atom is -0.340 e. The van der Waals surface area contributed by atoms with Crippen LogP contribution < -0.4 is 20.4 Å². The van der Waals surface area contributed by atoms with Crippen LogP contribution in [0.1, 0.15) is 43.2 Å². The normalized spacial score (nSPS) is 12.0. The third-order valence-corrected chi connectivity index (χ3v) is 8.63. The lowest BCUT2D eigenvalue weighted by molar-refractivity contribution is -0.120. The monoisotopic (exact) mass is 758 g/mol. The quantitative estimate of drug-likeness (QED) is 0.155. The van der Waals surface area contributed by atoms with Crippen LogP contribution in [0.25, 0.3) is 0 Å². The molecule has 3 aromatic carbocycles. The standard InChI is InChI=1S/C40H35F5N6O4/c1-22-5-8-31(20-46-22)50(3)39(54)35(15-24-11-27(41)18-28(42)12-24)48-37(52)26-7-10-34(45)33(17-26)38(53)49-36(16-25-13-29(43)19-30(44)14-25)40(55)51(4)32-9-6-23(2)47-21-32/h5-14,17-21,35-36H,15-16H2,1-4H3,(H,48,52)(H,49,53)/t35-,36?/m0/s1. The van der Waals surface area contributed by atoms with Gasteiger partial charge >= 0.3 is 0 Å². The van der Waals surface area contributed by atoms with Gasteiger partial charge in [-0.15, -0.1) is 0 Å². The summed E-state index contributed by atoms with van der Waals surface area (Å²) in [7, 11) is 2.82. The minimum atomic E-state index is -1.49. The Balaban J connectivity index is 1.42. The molecule has 10 nitrogen and oxygen atoms in total. The number of anilines is 2. The second-order valence-electron chi connectivity index (χ2n) is 12.8. The number of nitrogens with one attached hydrogen (secondary N) is 2. The summed E-state index contributed by atoms with van der Waals surface area (Å²) < 4.78 is 71.7. The van der Waals surface area contributed by atoms with Crippen LogP contribution in [0.5, 0.6) is 0 Å². The highest BCUT2D eigenvalue weighted by atomic mass is 19.1. The van der Waals surface area contributed by atoms with Crippen molar-refractivity contribution in [1.29, 1.82) is 0 Å². The summed E-state index contributed by atoms with van der Waals surface area (Å²) in [6, 6.07) is 11.7. The Hall–Kier alpha value is -6.51. The molecule has 4 amide bonds. The zero-order valence-corrected chi connectivity index (χ0v) is 30.0. The molecular weight excluding hydrogens is 723 g/mol. The maximum absolute atomic E-state index is 15.3. The van der Waals surface area contributed by atoms with Crippen LogP contribution in [0.4, 0.5) is 33.3 Å². The van der Waals surface area contributed by atoms with E-state index in [9.17, 15) is 36.7 Å². The maximum atomic E-state index is 15.3. The van der Waals surface area contributed by atoms with Gasteiger partial charge in [-0.3, -0.25) is 29.1 Å². The molecule has 0 spiro atoms. The van der Waals surface area contributed by atoms with Gasteiger partial charge in [-0.2, -0.15) is 0 Å². The van der Waals surface area contributed by atoms with Crippen molar-refractivity contribution in [3.8, 4) is 0 Å². The van der Waals surface area contributed by atoms with Crippen LogP contribution in [0.15, 0.2) is 91.3 Å². The van der Waals surface area contributed by atoms with Crippen molar-refractivity contribution < 1.29 is 41.1 Å². The highest BCUT2D eigenvalue weighted by molar-refractivity contribution is 6.05. The number of aryl methyl sites for hydroxylation is 2. The Morgan fingerprint density at radius 1 is 0.582 bits per heavy atom. The lowest BCUT2D eigenvalue weighted by Crippen LogP contribution is -2.49. The average Bonchev–Trinajstić information content (AvgIpc) is 3.13. The van der Waals surface area contributed by atoms with E-state index in [1.54, 1.807) is 38.1 Å². The summed E-state index contributed by atoms with van der Waals surface area (Å²) in [4.78, 5) is 65.4. The molecule has 0 saturated heterocycles. The molecule has 5 aromatic rings. The van der Waals surface area contributed by atoms with Crippen molar-refractivity contribution in [3.05, 3.63) is 154 Å². The van der Waals surface area contributed by atoms with Crippen LogP contribution in [0, 0.1) is 42.9 Å². The predicted molar refractivity (Wildman–Crippen MR) is 194 cm³/mol. The van der Waals surface area contributed by atoms with E-state index in [4.69, 9.17) is 0 Å². The SMILES string of the molecule is Cc1ccc(N(C)C(=O)C(Cc2cc(F)cc(F)c2)NC(=O)c2cc(C(=O)N[C@@H](Cc3cc(F)cc(F)c3)C(=O)N(C)c3ccc(C)nc3)ccc2F)cn1. The molecular formula is C40H35F5N6O4. The number of benzene rings is 3. The first-order chi connectivity index (χ1) is 26.1. The first kappa shape index (κ1) is 39.7. The summed E-state index contributed by atoms with van der Waals surface area (Å²) >= 11 is 0. The van der Waals surface area contributed by atoms with Crippen LogP contribution in [0.3, 0.4) is 0 Å². The number of nitrogens with zero attached hydrogens (tertiary/aromatic N) is 4. The summed E-state index contributed by atoms with van der Waals surface area (Å²) in [5, 5.41) is 4.94. The van der Waals surface area contributed by atoms with Crippen LogP contribution in [-0.4, -0.2) is 59.8 Å². The van der Waals surface area contributed by atoms with E-state index in [1.807, 2.05) is 0 Å². The van der Waals surface area contributed by atoms with Crippen LogP contribution in [-0.2, 0) is 22.4 Å². The van der Waals surface area contributed by atoms with Gasteiger partial charge in [-0.05, 0) is 91.7 Å². The summed E-state index contributed by atoms with van der Waals surface area (Å²) in [6.07, 6.45) is 2.08. The van der Waals surface area contributed by atoms with Crippen LogP contribution in [0.2, 0.25) is 0 Å². The molecule has 0 bridgehead atoms. The largest absolute Gasteiger partial charge is 0.340 e. The Morgan fingerprint density at radius 2 is 1.00 bits per heavy atom. The van der Waals surface area contributed by atoms with E-state index in [0.717, 1.165) is 42.5 Å². The lowest BCUT2D eigenvalue weighted by Gasteiger charge is -2.25. The second-order valence-corrected chi connectivity index (χ2v) is 12.8. The van der Waals surface area contributed by atoms with E-state index >= 15 is 4.39 Å². The molecule has 0 fully saturated rings. The molecule has 2 atom stereocenters. The van der Waals surface area contributed by atoms with E-state index in [2.05, 4.69) is 20.6 Å². The molecule has 2 aromatic heterocycles. The summed E-state index contributed by atoms with van der Waals surface area (Å²) in [5.41, 5.74) is 1.13. The Morgan fingerprint density at radius 3 is 1.40 bits per heavy atom. The van der Waals surface area contributed by atoms with Crippen molar-refractivity contribution in [2.45, 2.75) is 38.8 Å². The number of carbonyl (C=O) groups is 4. The van der Waals surface area contributed by atoms with Gasteiger partial charge in [0.1, 0.15) is 41.2 Å². The average molecular weight is 759 g/mol. The molecule has 2 N–H and O–H groups in total. The number of carbonyl (C=O) groups excluding carboxylic acids is 4. The van der Waals surface area contributed by atoms with Crippen molar-refractivity contribution in [2.24, 2.45) is 0 Å². The molecule has 1 unspecified atom stereocenters. The third-order valence-electron chi connectivity index (χ3n) is 8.63. The van der Waals surface area contributed by atoms with Gasteiger partial charge < -0.3 is 20.4 Å².